The van der Waals surface area contributed by atoms with Crippen LogP contribution in [0.1, 0.15) is 27.9 Å². The van der Waals surface area contributed by atoms with Gasteiger partial charge in [0.2, 0.25) is 5.91 Å². The van der Waals surface area contributed by atoms with Crippen molar-refractivity contribution in [1.29, 1.82) is 0 Å². The van der Waals surface area contributed by atoms with E-state index in [1.807, 2.05) is 30.5 Å². The van der Waals surface area contributed by atoms with E-state index in [1.165, 1.54) is 6.92 Å². The molecule has 0 radical (unpaired) electrons. The Kier molecular flexibility index (Phi) is 3.53. The Morgan fingerprint density at radius 3 is 3.10 bits per heavy atom. The van der Waals surface area contributed by atoms with Gasteiger partial charge in [0, 0.05) is 30.1 Å². The standard InChI is InChI=1S/C15H13N3O2S/c1-10(20)17-12-4-2-3-11(5-12)6-14-8-18-13(9-19)7-16-15(18)21-14/h2-5,7-9H,6H2,1H3,(H,17,20). The van der Waals surface area contributed by atoms with Gasteiger partial charge in [-0.1, -0.05) is 12.1 Å². The number of carbonyl (C=O) groups is 2. The predicted molar refractivity (Wildman–Crippen MR) is 82.0 cm³/mol. The van der Waals surface area contributed by atoms with Crippen molar-refractivity contribution in [2.75, 3.05) is 5.32 Å². The third kappa shape index (κ3) is 2.85. The maximum Gasteiger partial charge on any atom is 0.221 e. The molecular formula is C15H13N3O2S. The molecule has 3 aromatic rings. The highest BCUT2D eigenvalue weighted by Crippen LogP contribution is 2.22. The van der Waals surface area contributed by atoms with Crippen LogP contribution in [-0.4, -0.2) is 21.6 Å². The Hall–Kier alpha value is -2.47. The van der Waals surface area contributed by atoms with Gasteiger partial charge in [-0.3, -0.25) is 14.0 Å². The van der Waals surface area contributed by atoms with Gasteiger partial charge in [0.1, 0.15) is 5.69 Å². The van der Waals surface area contributed by atoms with Crippen molar-refractivity contribution in [1.82, 2.24) is 9.38 Å². The topological polar surface area (TPSA) is 63.5 Å². The number of fused-ring (bicyclic) bond motifs is 1. The highest BCUT2D eigenvalue weighted by atomic mass is 32.1. The fraction of sp³-hybridized carbons (Fsp3) is 0.133. The number of hydrogen-bond acceptors (Lipinski definition) is 4. The first kappa shape index (κ1) is 13.5. The first-order valence-corrected chi connectivity index (χ1v) is 7.25. The Bertz CT molecular complexity index is 819. The van der Waals surface area contributed by atoms with Crippen LogP contribution in [0.5, 0.6) is 0 Å². The Morgan fingerprint density at radius 2 is 2.33 bits per heavy atom. The van der Waals surface area contributed by atoms with E-state index in [-0.39, 0.29) is 5.91 Å². The summed E-state index contributed by atoms with van der Waals surface area (Å²) in [5.74, 6) is -0.0858. The molecule has 5 nitrogen and oxygen atoms in total. The van der Waals surface area contributed by atoms with Crippen LogP contribution in [-0.2, 0) is 11.2 Å². The normalized spacial score (nSPS) is 10.7. The lowest BCUT2D eigenvalue weighted by Gasteiger charge is -2.04. The molecule has 21 heavy (non-hydrogen) atoms. The second-order valence-electron chi connectivity index (χ2n) is 4.71. The number of amides is 1. The van der Waals surface area contributed by atoms with Crippen LogP contribution >= 0.6 is 11.3 Å². The lowest BCUT2D eigenvalue weighted by atomic mass is 10.1. The van der Waals surface area contributed by atoms with Crippen molar-refractivity contribution >= 4 is 34.2 Å². The Balaban J connectivity index is 1.85. The number of nitrogens with zero attached hydrogens (tertiary/aromatic N) is 2. The van der Waals surface area contributed by atoms with Crippen LogP contribution in [0.3, 0.4) is 0 Å². The zero-order valence-corrected chi connectivity index (χ0v) is 12.2. The summed E-state index contributed by atoms with van der Waals surface area (Å²) in [7, 11) is 0. The molecule has 0 bridgehead atoms. The van der Waals surface area contributed by atoms with Crippen molar-refractivity contribution in [3.05, 3.63) is 52.8 Å². The summed E-state index contributed by atoms with van der Waals surface area (Å²) in [6.07, 6.45) is 5.04. The molecule has 0 saturated carbocycles. The first-order valence-electron chi connectivity index (χ1n) is 6.43. The lowest BCUT2D eigenvalue weighted by Crippen LogP contribution is -2.05. The van der Waals surface area contributed by atoms with Gasteiger partial charge in [-0.05, 0) is 17.7 Å². The summed E-state index contributed by atoms with van der Waals surface area (Å²) in [5, 5.41) is 2.77. The second-order valence-corrected chi connectivity index (χ2v) is 5.80. The monoisotopic (exact) mass is 299 g/mol. The van der Waals surface area contributed by atoms with Gasteiger partial charge in [0.15, 0.2) is 11.2 Å². The quantitative estimate of drug-likeness (QED) is 0.753. The molecule has 0 aliphatic carbocycles. The van der Waals surface area contributed by atoms with Crippen molar-refractivity contribution in [3.8, 4) is 0 Å². The Labute approximate surface area is 125 Å². The molecular weight excluding hydrogens is 286 g/mol. The van der Waals surface area contributed by atoms with E-state index >= 15 is 0 Å². The first-order chi connectivity index (χ1) is 10.2. The third-order valence-corrected chi connectivity index (χ3v) is 4.03. The minimum atomic E-state index is -0.0858. The van der Waals surface area contributed by atoms with Crippen molar-refractivity contribution in [2.45, 2.75) is 13.3 Å². The van der Waals surface area contributed by atoms with Crippen LogP contribution in [0.2, 0.25) is 0 Å². The van der Waals surface area contributed by atoms with E-state index in [9.17, 15) is 9.59 Å². The summed E-state index contributed by atoms with van der Waals surface area (Å²) in [6, 6.07) is 7.73. The van der Waals surface area contributed by atoms with Gasteiger partial charge >= 0.3 is 0 Å². The van der Waals surface area contributed by atoms with Crippen LogP contribution in [0, 0.1) is 0 Å². The zero-order valence-electron chi connectivity index (χ0n) is 11.4. The molecule has 0 fully saturated rings. The molecule has 2 aromatic heterocycles. The van der Waals surface area contributed by atoms with Gasteiger partial charge in [0.05, 0.1) is 6.20 Å². The molecule has 2 heterocycles. The number of carbonyl (C=O) groups excluding carboxylic acids is 2. The molecule has 0 atom stereocenters. The predicted octanol–water partition coefficient (Wildman–Crippen LogP) is 2.76. The number of thiazole rings is 1. The Morgan fingerprint density at radius 1 is 1.48 bits per heavy atom. The number of imidazole rings is 1. The van der Waals surface area contributed by atoms with E-state index in [1.54, 1.807) is 21.9 Å². The number of aldehydes is 1. The number of hydrogen-bond donors (Lipinski definition) is 1. The van der Waals surface area contributed by atoms with Crippen LogP contribution in [0.4, 0.5) is 5.69 Å². The van der Waals surface area contributed by atoms with Gasteiger partial charge in [-0.2, -0.15) is 0 Å². The summed E-state index contributed by atoms with van der Waals surface area (Å²) >= 11 is 1.55. The average Bonchev–Trinajstić information content (AvgIpc) is 2.97. The zero-order chi connectivity index (χ0) is 14.8. The summed E-state index contributed by atoms with van der Waals surface area (Å²) in [6.45, 7) is 1.49. The van der Waals surface area contributed by atoms with E-state index in [0.29, 0.717) is 5.69 Å². The highest BCUT2D eigenvalue weighted by Gasteiger charge is 2.08. The van der Waals surface area contributed by atoms with Gasteiger partial charge in [0.25, 0.3) is 0 Å². The summed E-state index contributed by atoms with van der Waals surface area (Å²) in [5.41, 5.74) is 2.44. The molecule has 0 aliphatic heterocycles. The minimum absolute atomic E-state index is 0.0858. The van der Waals surface area contributed by atoms with Crippen molar-refractivity contribution < 1.29 is 9.59 Å². The number of benzene rings is 1. The smallest absolute Gasteiger partial charge is 0.221 e. The molecule has 0 spiro atoms. The maximum absolute atomic E-state index is 11.1. The molecule has 106 valence electrons. The maximum atomic E-state index is 11.1. The van der Waals surface area contributed by atoms with E-state index in [4.69, 9.17) is 0 Å². The summed E-state index contributed by atoms with van der Waals surface area (Å²) in [4.78, 5) is 28.1. The lowest BCUT2D eigenvalue weighted by molar-refractivity contribution is -0.114. The number of nitrogens with one attached hydrogen (secondary N) is 1. The molecule has 0 aliphatic rings. The van der Waals surface area contributed by atoms with Crippen molar-refractivity contribution in [3.63, 3.8) is 0 Å². The van der Waals surface area contributed by atoms with E-state index in [0.717, 1.165) is 33.8 Å². The molecule has 0 unspecified atom stereocenters. The van der Waals surface area contributed by atoms with Gasteiger partial charge in [-0.25, -0.2) is 4.98 Å². The number of anilines is 1. The second kappa shape index (κ2) is 5.49. The van der Waals surface area contributed by atoms with E-state index < -0.39 is 0 Å². The molecule has 3 rings (SSSR count). The average molecular weight is 299 g/mol. The largest absolute Gasteiger partial charge is 0.326 e. The third-order valence-electron chi connectivity index (χ3n) is 3.03. The van der Waals surface area contributed by atoms with Crippen LogP contribution < -0.4 is 5.32 Å². The molecule has 1 N–H and O–H groups in total. The van der Waals surface area contributed by atoms with Crippen LogP contribution in [0.25, 0.3) is 4.96 Å². The SMILES string of the molecule is CC(=O)Nc1cccc(Cc2cn3c(C=O)cnc3s2)c1. The molecule has 1 aromatic carbocycles. The summed E-state index contributed by atoms with van der Waals surface area (Å²) < 4.78 is 1.80. The molecule has 0 saturated heterocycles. The van der Waals surface area contributed by atoms with Crippen LogP contribution in [0.15, 0.2) is 36.7 Å². The number of aromatic nitrogens is 2. The van der Waals surface area contributed by atoms with Gasteiger partial charge in [-0.15, -0.1) is 11.3 Å². The fourth-order valence-corrected chi connectivity index (χ4v) is 3.17. The molecule has 1 amide bonds. The number of rotatable bonds is 4. The van der Waals surface area contributed by atoms with E-state index in [2.05, 4.69) is 10.3 Å². The molecule has 6 heteroatoms. The van der Waals surface area contributed by atoms with Gasteiger partial charge < -0.3 is 5.32 Å². The minimum Gasteiger partial charge on any atom is -0.326 e. The van der Waals surface area contributed by atoms with Crippen molar-refractivity contribution in [2.24, 2.45) is 0 Å². The highest BCUT2D eigenvalue weighted by molar-refractivity contribution is 7.17. The fourth-order valence-electron chi connectivity index (χ4n) is 2.18.